The minimum Gasteiger partial charge on any atom is -0.394 e. The largest absolute Gasteiger partial charge is 0.394 e. The van der Waals surface area contributed by atoms with Crippen LogP contribution in [-0.2, 0) is 0 Å². The van der Waals surface area contributed by atoms with Crippen LogP contribution in [0.15, 0.2) is 0 Å². The van der Waals surface area contributed by atoms with Gasteiger partial charge in [0.05, 0.1) is 11.4 Å². The number of aromatic nitrogens is 2. The van der Waals surface area contributed by atoms with Gasteiger partial charge in [-0.3, -0.25) is 0 Å². The predicted molar refractivity (Wildman–Crippen MR) is 73.4 cm³/mol. The summed E-state index contributed by atoms with van der Waals surface area (Å²) in [6.07, 6.45) is 0. The third-order valence-electron chi connectivity index (χ3n) is 2.64. The molecule has 1 atom stereocenters. The van der Waals surface area contributed by atoms with E-state index >= 15 is 0 Å². The van der Waals surface area contributed by atoms with Gasteiger partial charge in [0.2, 0.25) is 0 Å². The molecule has 0 spiro atoms. The zero-order valence-corrected chi connectivity index (χ0v) is 11.8. The maximum absolute atomic E-state index is 6.06. The molecule has 5 nitrogen and oxygen atoms in total. The van der Waals surface area contributed by atoms with Crippen molar-refractivity contribution in [3.8, 4) is 0 Å². The van der Waals surface area contributed by atoms with Gasteiger partial charge in [0, 0.05) is 18.6 Å². The molecule has 0 bridgehead atoms. The van der Waals surface area contributed by atoms with Crippen molar-refractivity contribution >= 4 is 11.5 Å². The van der Waals surface area contributed by atoms with E-state index in [9.17, 15) is 0 Å². The van der Waals surface area contributed by atoms with E-state index in [1.54, 1.807) is 0 Å². The zero-order chi connectivity index (χ0) is 13.2. The van der Waals surface area contributed by atoms with Crippen LogP contribution in [0.4, 0.5) is 11.5 Å². The Hall–Kier alpha value is -1.23. The second kappa shape index (κ2) is 5.40. The van der Waals surface area contributed by atoms with Crippen molar-refractivity contribution in [2.45, 2.75) is 39.8 Å². The highest BCUT2D eigenvalue weighted by Gasteiger charge is 2.16. The van der Waals surface area contributed by atoms with Gasteiger partial charge in [-0.05, 0) is 41.8 Å². The van der Waals surface area contributed by atoms with Crippen molar-refractivity contribution in [2.75, 3.05) is 31.7 Å². The third-order valence-corrected chi connectivity index (χ3v) is 2.64. The van der Waals surface area contributed by atoms with E-state index in [1.165, 1.54) is 0 Å². The summed E-state index contributed by atoms with van der Waals surface area (Å²) < 4.78 is 1.96. The fourth-order valence-corrected chi connectivity index (χ4v) is 1.90. The first-order valence-corrected chi connectivity index (χ1v) is 6.08. The Labute approximate surface area is 104 Å². The fourth-order valence-electron chi connectivity index (χ4n) is 1.90. The summed E-state index contributed by atoms with van der Waals surface area (Å²) in [5, 5.41) is 7.90. The number of nitrogens with one attached hydrogen (secondary N) is 1. The standard InChI is InChI=1S/C12H25N5/c1-8(2)17-12(11(13)10(4)15-17)14-9(3)7-16(5)6/h8-9,14H,7,13H2,1-6H3. The molecule has 0 fully saturated rings. The Balaban J connectivity index is 2.89. The van der Waals surface area contributed by atoms with Crippen LogP contribution in [0.5, 0.6) is 0 Å². The Bertz CT molecular complexity index is 367. The van der Waals surface area contributed by atoms with Crippen molar-refractivity contribution in [2.24, 2.45) is 0 Å². The van der Waals surface area contributed by atoms with Gasteiger partial charge in [-0.2, -0.15) is 5.10 Å². The highest BCUT2D eigenvalue weighted by molar-refractivity contribution is 5.65. The number of anilines is 2. The molecule has 0 aromatic carbocycles. The predicted octanol–water partition coefficient (Wildman–Crippen LogP) is 1.72. The van der Waals surface area contributed by atoms with Crippen molar-refractivity contribution < 1.29 is 0 Å². The van der Waals surface area contributed by atoms with Crippen LogP contribution in [0.3, 0.4) is 0 Å². The Morgan fingerprint density at radius 2 is 1.94 bits per heavy atom. The molecule has 0 radical (unpaired) electrons. The topological polar surface area (TPSA) is 59.1 Å². The molecule has 0 aliphatic carbocycles. The van der Waals surface area contributed by atoms with Crippen LogP contribution in [0.1, 0.15) is 32.5 Å². The van der Waals surface area contributed by atoms with Crippen molar-refractivity contribution in [1.29, 1.82) is 0 Å². The number of aryl methyl sites for hydroxylation is 1. The molecular formula is C12H25N5. The molecule has 17 heavy (non-hydrogen) atoms. The molecule has 1 rings (SSSR count). The quantitative estimate of drug-likeness (QED) is 0.821. The molecule has 0 saturated heterocycles. The van der Waals surface area contributed by atoms with E-state index in [-0.39, 0.29) is 0 Å². The van der Waals surface area contributed by atoms with E-state index in [0.717, 1.165) is 23.7 Å². The molecule has 98 valence electrons. The maximum atomic E-state index is 6.06. The number of nitrogen functional groups attached to an aromatic ring is 1. The minimum absolute atomic E-state index is 0.306. The second-order valence-electron chi connectivity index (χ2n) is 5.19. The highest BCUT2D eigenvalue weighted by atomic mass is 15.4. The van der Waals surface area contributed by atoms with Gasteiger partial charge >= 0.3 is 0 Å². The van der Waals surface area contributed by atoms with Crippen LogP contribution in [0.2, 0.25) is 0 Å². The molecule has 1 unspecified atom stereocenters. The molecule has 0 aliphatic heterocycles. The molecule has 1 heterocycles. The number of nitrogens with zero attached hydrogens (tertiary/aromatic N) is 3. The average Bonchev–Trinajstić information content (AvgIpc) is 2.44. The van der Waals surface area contributed by atoms with Gasteiger partial charge in [-0.15, -0.1) is 0 Å². The Morgan fingerprint density at radius 1 is 1.35 bits per heavy atom. The van der Waals surface area contributed by atoms with Gasteiger partial charge < -0.3 is 16.0 Å². The number of hydrogen-bond donors (Lipinski definition) is 2. The SMILES string of the molecule is Cc1nn(C(C)C)c(NC(C)CN(C)C)c1N. The zero-order valence-electron chi connectivity index (χ0n) is 11.8. The minimum atomic E-state index is 0.306. The summed E-state index contributed by atoms with van der Waals surface area (Å²) in [4.78, 5) is 2.15. The van der Waals surface area contributed by atoms with Crippen molar-refractivity contribution in [3.05, 3.63) is 5.69 Å². The smallest absolute Gasteiger partial charge is 0.148 e. The van der Waals surface area contributed by atoms with Crippen LogP contribution in [0.25, 0.3) is 0 Å². The number of nitrogens with two attached hydrogens (primary N) is 1. The van der Waals surface area contributed by atoms with Crippen LogP contribution < -0.4 is 11.1 Å². The normalized spacial score (nSPS) is 13.4. The number of rotatable bonds is 5. The summed E-state index contributed by atoms with van der Waals surface area (Å²) in [6, 6.07) is 0.640. The van der Waals surface area contributed by atoms with Gasteiger partial charge in [-0.25, -0.2) is 4.68 Å². The molecule has 0 amide bonds. The Kier molecular flexibility index (Phi) is 4.40. The summed E-state index contributed by atoms with van der Waals surface area (Å²) in [5.41, 5.74) is 7.70. The first-order valence-electron chi connectivity index (χ1n) is 6.08. The van der Waals surface area contributed by atoms with Gasteiger partial charge in [0.1, 0.15) is 5.82 Å². The second-order valence-corrected chi connectivity index (χ2v) is 5.19. The van der Waals surface area contributed by atoms with Crippen LogP contribution >= 0.6 is 0 Å². The number of likely N-dealkylation sites (N-methyl/N-ethyl adjacent to an activating group) is 1. The monoisotopic (exact) mass is 239 g/mol. The third kappa shape index (κ3) is 3.36. The van der Waals surface area contributed by atoms with Gasteiger partial charge in [-0.1, -0.05) is 0 Å². The molecule has 5 heteroatoms. The molecule has 3 N–H and O–H groups in total. The van der Waals surface area contributed by atoms with Crippen LogP contribution in [0, 0.1) is 6.92 Å². The number of hydrogen-bond acceptors (Lipinski definition) is 4. The molecule has 0 saturated carbocycles. The Morgan fingerprint density at radius 3 is 2.41 bits per heavy atom. The highest BCUT2D eigenvalue weighted by Crippen LogP contribution is 2.26. The summed E-state index contributed by atoms with van der Waals surface area (Å²) in [5.74, 6) is 0.937. The summed E-state index contributed by atoms with van der Waals surface area (Å²) >= 11 is 0. The summed E-state index contributed by atoms with van der Waals surface area (Å²) in [6.45, 7) is 9.26. The lowest BCUT2D eigenvalue weighted by molar-refractivity contribution is 0.390. The first kappa shape index (κ1) is 13.8. The van der Waals surface area contributed by atoms with Gasteiger partial charge in [0.15, 0.2) is 0 Å². The molecule has 1 aromatic heterocycles. The van der Waals surface area contributed by atoms with Crippen molar-refractivity contribution in [1.82, 2.24) is 14.7 Å². The first-order chi connectivity index (χ1) is 7.82. The van der Waals surface area contributed by atoms with E-state index < -0.39 is 0 Å². The molecular weight excluding hydrogens is 214 g/mol. The molecule has 0 aliphatic rings. The lowest BCUT2D eigenvalue weighted by Gasteiger charge is -2.21. The van der Waals surface area contributed by atoms with E-state index in [2.05, 4.69) is 50.2 Å². The molecule has 1 aromatic rings. The van der Waals surface area contributed by atoms with E-state index in [0.29, 0.717) is 12.1 Å². The van der Waals surface area contributed by atoms with Crippen LogP contribution in [-0.4, -0.2) is 41.4 Å². The lowest BCUT2D eigenvalue weighted by Crippen LogP contribution is -2.31. The lowest BCUT2D eigenvalue weighted by atomic mass is 10.3. The van der Waals surface area contributed by atoms with Gasteiger partial charge in [0.25, 0.3) is 0 Å². The summed E-state index contributed by atoms with van der Waals surface area (Å²) in [7, 11) is 4.12. The van der Waals surface area contributed by atoms with Crippen molar-refractivity contribution in [3.63, 3.8) is 0 Å². The van der Waals surface area contributed by atoms with E-state index in [4.69, 9.17) is 5.73 Å². The van der Waals surface area contributed by atoms with E-state index in [1.807, 2.05) is 11.6 Å². The fraction of sp³-hybridized carbons (Fsp3) is 0.750. The average molecular weight is 239 g/mol. The maximum Gasteiger partial charge on any atom is 0.148 e.